The first-order chi connectivity index (χ1) is 13.1. The third-order valence-corrected chi connectivity index (χ3v) is 5.39. The standard InChI is InChI=1S/C21H22F3NO3/c1-13-4-3-5-18(14(13)2)28-17-8-6-15(7-9-17)20(11-19(26)27)10-16(12-25-20)21(22,23)24/h3-9,16,25H,10-12H2,1-2H3,(H,26,27)/t16-,20-/m0/s1. The molecule has 7 heteroatoms. The molecule has 28 heavy (non-hydrogen) atoms. The number of hydrogen-bond donors (Lipinski definition) is 2. The van der Waals surface area contributed by atoms with Gasteiger partial charge in [-0.3, -0.25) is 4.79 Å². The van der Waals surface area contributed by atoms with Crippen molar-refractivity contribution < 1.29 is 27.8 Å². The Bertz CT molecular complexity index is 864. The molecular weight excluding hydrogens is 371 g/mol. The van der Waals surface area contributed by atoms with Crippen LogP contribution >= 0.6 is 0 Å². The Kier molecular flexibility index (Phi) is 5.39. The third kappa shape index (κ3) is 4.14. The molecule has 1 aliphatic rings. The van der Waals surface area contributed by atoms with Gasteiger partial charge >= 0.3 is 12.1 Å². The summed E-state index contributed by atoms with van der Waals surface area (Å²) in [7, 11) is 0. The minimum absolute atomic E-state index is 0.294. The molecule has 1 aliphatic heterocycles. The van der Waals surface area contributed by atoms with Gasteiger partial charge in [-0.25, -0.2) is 0 Å². The normalized spacial score (nSPS) is 22.2. The van der Waals surface area contributed by atoms with Crippen LogP contribution in [0.5, 0.6) is 11.5 Å². The highest BCUT2D eigenvalue weighted by atomic mass is 19.4. The van der Waals surface area contributed by atoms with Gasteiger partial charge in [-0.15, -0.1) is 0 Å². The van der Waals surface area contributed by atoms with E-state index in [1.54, 1.807) is 24.3 Å². The Labute approximate surface area is 161 Å². The van der Waals surface area contributed by atoms with Gasteiger partial charge in [-0.2, -0.15) is 13.2 Å². The molecule has 1 saturated heterocycles. The molecule has 0 spiro atoms. The number of alkyl halides is 3. The van der Waals surface area contributed by atoms with Crippen molar-refractivity contribution in [1.29, 1.82) is 0 Å². The van der Waals surface area contributed by atoms with Crippen LogP contribution in [0.3, 0.4) is 0 Å². The Morgan fingerprint density at radius 2 is 1.89 bits per heavy atom. The third-order valence-electron chi connectivity index (χ3n) is 5.39. The fourth-order valence-electron chi connectivity index (χ4n) is 3.63. The lowest BCUT2D eigenvalue weighted by molar-refractivity contribution is -0.170. The summed E-state index contributed by atoms with van der Waals surface area (Å²) in [5.74, 6) is -1.49. The number of carboxylic acids is 1. The second-order valence-electron chi connectivity index (χ2n) is 7.30. The van der Waals surface area contributed by atoms with Crippen LogP contribution in [-0.2, 0) is 10.3 Å². The summed E-state index contributed by atoms with van der Waals surface area (Å²) >= 11 is 0. The van der Waals surface area contributed by atoms with Gasteiger partial charge in [0.2, 0.25) is 0 Å². The molecule has 0 saturated carbocycles. The second-order valence-corrected chi connectivity index (χ2v) is 7.30. The molecule has 1 heterocycles. The summed E-state index contributed by atoms with van der Waals surface area (Å²) in [6.07, 6.45) is -5.09. The zero-order chi connectivity index (χ0) is 20.5. The van der Waals surface area contributed by atoms with E-state index in [4.69, 9.17) is 4.74 Å². The van der Waals surface area contributed by atoms with Crippen LogP contribution in [0.15, 0.2) is 42.5 Å². The number of carboxylic acid groups (broad SMARTS) is 1. The number of carbonyl (C=O) groups is 1. The number of aryl methyl sites for hydroxylation is 1. The van der Waals surface area contributed by atoms with Crippen LogP contribution in [0, 0.1) is 19.8 Å². The van der Waals surface area contributed by atoms with E-state index in [2.05, 4.69) is 5.32 Å². The van der Waals surface area contributed by atoms with E-state index in [-0.39, 0.29) is 13.0 Å². The van der Waals surface area contributed by atoms with Gasteiger partial charge in [0.1, 0.15) is 11.5 Å². The van der Waals surface area contributed by atoms with Crippen LogP contribution in [0.1, 0.15) is 29.5 Å². The van der Waals surface area contributed by atoms with Crippen LogP contribution in [0.25, 0.3) is 0 Å². The number of rotatable bonds is 5. The molecule has 4 nitrogen and oxygen atoms in total. The van der Waals surface area contributed by atoms with E-state index in [9.17, 15) is 23.1 Å². The maximum absolute atomic E-state index is 13.1. The predicted octanol–water partition coefficient (Wildman–Crippen LogP) is 4.94. The summed E-state index contributed by atoms with van der Waals surface area (Å²) < 4.78 is 45.3. The lowest BCUT2D eigenvalue weighted by atomic mass is 9.82. The Balaban J connectivity index is 1.85. The predicted molar refractivity (Wildman–Crippen MR) is 98.5 cm³/mol. The molecule has 0 amide bonds. The fraction of sp³-hybridized carbons (Fsp3) is 0.381. The van der Waals surface area contributed by atoms with Crippen molar-refractivity contribution in [2.24, 2.45) is 5.92 Å². The minimum Gasteiger partial charge on any atom is -0.481 e. The Morgan fingerprint density at radius 1 is 1.21 bits per heavy atom. The van der Waals surface area contributed by atoms with Crippen molar-refractivity contribution >= 4 is 5.97 Å². The SMILES string of the molecule is Cc1cccc(Oc2ccc([C@@]3(CC(=O)O)C[C@H](C(F)(F)F)CN3)cc2)c1C. The number of hydrogen-bond acceptors (Lipinski definition) is 3. The first-order valence-electron chi connectivity index (χ1n) is 8.99. The summed E-state index contributed by atoms with van der Waals surface area (Å²) in [6, 6.07) is 12.3. The number of benzene rings is 2. The molecule has 2 aromatic rings. The number of aliphatic carboxylic acids is 1. The molecule has 0 radical (unpaired) electrons. The van der Waals surface area contributed by atoms with E-state index in [1.165, 1.54) is 0 Å². The molecule has 2 atom stereocenters. The van der Waals surface area contributed by atoms with Crippen molar-refractivity contribution in [2.75, 3.05) is 6.54 Å². The van der Waals surface area contributed by atoms with E-state index >= 15 is 0 Å². The van der Waals surface area contributed by atoms with Gasteiger partial charge in [-0.1, -0.05) is 24.3 Å². The van der Waals surface area contributed by atoms with E-state index in [0.717, 1.165) is 11.1 Å². The first kappa shape index (κ1) is 20.2. The van der Waals surface area contributed by atoms with Crippen LogP contribution in [0.2, 0.25) is 0 Å². The number of halogens is 3. The zero-order valence-corrected chi connectivity index (χ0v) is 15.6. The molecule has 0 unspecified atom stereocenters. The van der Waals surface area contributed by atoms with Crippen molar-refractivity contribution in [1.82, 2.24) is 5.32 Å². The van der Waals surface area contributed by atoms with Gasteiger partial charge in [0, 0.05) is 6.54 Å². The summed E-state index contributed by atoms with van der Waals surface area (Å²) in [5.41, 5.74) is 1.35. The van der Waals surface area contributed by atoms with Crippen molar-refractivity contribution in [3.63, 3.8) is 0 Å². The fourth-order valence-corrected chi connectivity index (χ4v) is 3.63. The van der Waals surface area contributed by atoms with Gasteiger partial charge < -0.3 is 15.2 Å². The maximum atomic E-state index is 13.1. The average Bonchev–Trinajstić information content (AvgIpc) is 3.04. The van der Waals surface area contributed by atoms with Crippen LogP contribution < -0.4 is 10.1 Å². The molecule has 0 aliphatic carbocycles. The Hall–Kier alpha value is -2.54. The molecule has 150 valence electrons. The number of ether oxygens (including phenoxy) is 1. The topological polar surface area (TPSA) is 58.6 Å². The summed E-state index contributed by atoms with van der Waals surface area (Å²) in [6.45, 7) is 3.63. The quantitative estimate of drug-likeness (QED) is 0.756. The molecule has 2 aromatic carbocycles. The zero-order valence-electron chi connectivity index (χ0n) is 15.6. The smallest absolute Gasteiger partial charge is 0.393 e. The van der Waals surface area contributed by atoms with Crippen molar-refractivity contribution in [3.8, 4) is 11.5 Å². The first-order valence-corrected chi connectivity index (χ1v) is 8.99. The molecule has 0 aromatic heterocycles. The van der Waals surface area contributed by atoms with E-state index in [0.29, 0.717) is 17.1 Å². The van der Waals surface area contributed by atoms with Gasteiger partial charge in [0.25, 0.3) is 0 Å². The Morgan fingerprint density at radius 3 is 2.46 bits per heavy atom. The molecule has 1 fully saturated rings. The minimum atomic E-state index is -4.36. The lowest BCUT2D eigenvalue weighted by Gasteiger charge is -2.29. The summed E-state index contributed by atoms with van der Waals surface area (Å²) in [4.78, 5) is 11.3. The number of nitrogens with one attached hydrogen (secondary N) is 1. The van der Waals surface area contributed by atoms with E-state index < -0.39 is 30.0 Å². The highest BCUT2D eigenvalue weighted by Crippen LogP contribution is 2.43. The highest BCUT2D eigenvalue weighted by molar-refractivity contribution is 5.69. The van der Waals surface area contributed by atoms with Gasteiger partial charge in [0.05, 0.1) is 17.9 Å². The summed E-state index contributed by atoms with van der Waals surface area (Å²) in [5, 5.41) is 12.1. The molecule has 0 bridgehead atoms. The second kappa shape index (κ2) is 7.47. The van der Waals surface area contributed by atoms with Gasteiger partial charge in [-0.05, 0) is 55.2 Å². The average molecular weight is 393 g/mol. The maximum Gasteiger partial charge on any atom is 0.393 e. The van der Waals surface area contributed by atoms with Crippen molar-refractivity contribution in [2.45, 2.75) is 38.4 Å². The van der Waals surface area contributed by atoms with Crippen LogP contribution in [0.4, 0.5) is 13.2 Å². The largest absolute Gasteiger partial charge is 0.481 e. The van der Waals surface area contributed by atoms with Crippen LogP contribution in [-0.4, -0.2) is 23.8 Å². The monoisotopic (exact) mass is 393 g/mol. The molecule has 2 N–H and O–H groups in total. The lowest BCUT2D eigenvalue weighted by Crippen LogP contribution is -2.38. The van der Waals surface area contributed by atoms with E-state index in [1.807, 2.05) is 32.0 Å². The van der Waals surface area contributed by atoms with Crippen molar-refractivity contribution in [3.05, 3.63) is 59.2 Å². The highest BCUT2D eigenvalue weighted by Gasteiger charge is 2.51. The van der Waals surface area contributed by atoms with Gasteiger partial charge in [0.15, 0.2) is 0 Å². The molecular formula is C21H22F3NO3. The molecule has 3 rings (SSSR count).